The average Bonchev–Trinajstić information content (AvgIpc) is 3.23. The van der Waals surface area contributed by atoms with Crippen LogP contribution >= 0.6 is 0 Å². The number of hydrogen-bond donors (Lipinski definition) is 0. The summed E-state index contributed by atoms with van der Waals surface area (Å²) in [6.07, 6.45) is 3.71. The number of nitrogens with zero attached hydrogens (tertiary/aromatic N) is 5. The van der Waals surface area contributed by atoms with E-state index in [4.69, 9.17) is 0 Å². The van der Waals surface area contributed by atoms with E-state index in [0.29, 0.717) is 5.78 Å². The second kappa shape index (κ2) is 5.27. The third-order valence-corrected chi connectivity index (χ3v) is 4.49. The average molecular weight is 325 g/mol. The number of para-hydroxylation sites is 3. The predicted molar refractivity (Wildman–Crippen MR) is 97.8 cm³/mol. The molecule has 5 heteroatoms. The summed E-state index contributed by atoms with van der Waals surface area (Å²) in [6.45, 7) is 2.08. The summed E-state index contributed by atoms with van der Waals surface area (Å²) in [5.74, 6) is 0.700. The lowest BCUT2D eigenvalue weighted by atomic mass is 10.1. The van der Waals surface area contributed by atoms with E-state index in [0.717, 1.165) is 33.7 Å². The van der Waals surface area contributed by atoms with Gasteiger partial charge < -0.3 is 0 Å². The maximum absolute atomic E-state index is 4.62. The Morgan fingerprint density at radius 1 is 0.880 bits per heavy atom. The summed E-state index contributed by atoms with van der Waals surface area (Å²) < 4.78 is 4.05. The highest BCUT2D eigenvalue weighted by Crippen LogP contribution is 2.28. The Morgan fingerprint density at radius 3 is 2.56 bits per heavy atom. The van der Waals surface area contributed by atoms with Crippen molar-refractivity contribution < 1.29 is 0 Å². The monoisotopic (exact) mass is 325 g/mol. The lowest BCUT2D eigenvalue weighted by molar-refractivity contribution is 0.847. The Morgan fingerprint density at radius 2 is 1.68 bits per heavy atom. The van der Waals surface area contributed by atoms with Crippen LogP contribution in [0.25, 0.3) is 33.8 Å². The smallest absolute Gasteiger partial charge is 0.235 e. The van der Waals surface area contributed by atoms with E-state index in [2.05, 4.69) is 44.6 Å². The van der Waals surface area contributed by atoms with Gasteiger partial charge in [0.15, 0.2) is 0 Å². The van der Waals surface area contributed by atoms with Gasteiger partial charge in [-0.15, -0.1) is 0 Å². The zero-order valence-electron chi connectivity index (χ0n) is 13.7. The van der Waals surface area contributed by atoms with Crippen molar-refractivity contribution in [3.05, 3.63) is 78.8 Å². The Kier molecular flexibility index (Phi) is 2.94. The van der Waals surface area contributed by atoms with Gasteiger partial charge in [0.25, 0.3) is 0 Å². The van der Waals surface area contributed by atoms with Crippen molar-refractivity contribution >= 4 is 16.8 Å². The predicted octanol–water partition coefficient (Wildman–Crippen LogP) is 4.04. The van der Waals surface area contributed by atoms with Crippen LogP contribution in [0.2, 0.25) is 0 Å². The molecule has 5 nitrogen and oxygen atoms in total. The third kappa shape index (κ3) is 2.06. The second-order valence-corrected chi connectivity index (χ2v) is 5.96. The summed E-state index contributed by atoms with van der Waals surface area (Å²) >= 11 is 0. The lowest BCUT2D eigenvalue weighted by Crippen LogP contribution is -1.99. The first-order valence-corrected chi connectivity index (χ1v) is 8.15. The molecule has 5 aromatic rings. The molecule has 5 rings (SSSR count). The first kappa shape index (κ1) is 13.9. The molecule has 0 atom stereocenters. The molecule has 0 unspecified atom stereocenters. The Bertz CT molecular complexity index is 1200. The minimum Gasteiger partial charge on any atom is -0.276 e. The summed E-state index contributed by atoms with van der Waals surface area (Å²) in [5.41, 5.74) is 6.23. The van der Waals surface area contributed by atoms with Crippen LogP contribution in [0.5, 0.6) is 0 Å². The molecule has 0 amide bonds. The molecule has 0 radical (unpaired) electrons. The summed E-state index contributed by atoms with van der Waals surface area (Å²) in [5, 5.41) is 4.60. The van der Waals surface area contributed by atoms with Gasteiger partial charge in [-0.05, 0) is 37.3 Å². The maximum atomic E-state index is 4.62. The van der Waals surface area contributed by atoms with Crippen molar-refractivity contribution in [2.75, 3.05) is 0 Å². The number of fused-ring (bicyclic) bond motifs is 3. The van der Waals surface area contributed by atoms with Crippen molar-refractivity contribution in [3.8, 4) is 16.9 Å². The first-order valence-electron chi connectivity index (χ1n) is 8.15. The molecule has 0 spiro atoms. The SMILES string of the molecule is Cc1c(-c2ccnc3nc4ccccc4n23)cnn1-c1ccccc1. The Labute approximate surface area is 144 Å². The van der Waals surface area contributed by atoms with Crippen LogP contribution in [0, 0.1) is 6.92 Å². The molecule has 0 bridgehead atoms. The number of rotatable bonds is 2. The Hall–Kier alpha value is -3.47. The van der Waals surface area contributed by atoms with E-state index in [-0.39, 0.29) is 0 Å². The van der Waals surface area contributed by atoms with Gasteiger partial charge in [-0.3, -0.25) is 4.40 Å². The molecule has 0 aliphatic heterocycles. The van der Waals surface area contributed by atoms with Gasteiger partial charge in [0.2, 0.25) is 5.78 Å². The van der Waals surface area contributed by atoms with Crippen LogP contribution in [0.1, 0.15) is 5.69 Å². The van der Waals surface area contributed by atoms with Crippen LogP contribution in [-0.2, 0) is 0 Å². The number of benzene rings is 2. The zero-order chi connectivity index (χ0) is 16.8. The molecule has 25 heavy (non-hydrogen) atoms. The molecule has 2 aromatic carbocycles. The van der Waals surface area contributed by atoms with E-state index in [1.54, 1.807) is 6.20 Å². The molecule has 3 heterocycles. The first-order chi connectivity index (χ1) is 12.3. The van der Waals surface area contributed by atoms with Gasteiger partial charge in [0.1, 0.15) is 0 Å². The second-order valence-electron chi connectivity index (χ2n) is 5.96. The minimum absolute atomic E-state index is 0.700. The molecular weight excluding hydrogens is 310 g/mol. The van der Waals surface area contributed by atoms with E-state index in [9.17, 15) is 0 Å². The van der Waals surface area contributed by atoms with Crippen molar-refractivity contribution in [3.63, 3.8) is 0 Å². The summed E-state index contributed by atoms with van der Waals surface area (Å²) in [4.78, 5) is 9.04. The van der Waals surface area contributed by atoms with Crippen LogP contribution < -0.4 is 0 Å². The van der Waals surface area contributed by atoms with Gasteiger partial charge in [0, 0.05) is 11.8 Å². The fourth-order valence-corrected chi connectivity index (χ4v) is 3.29. The lowest BCUT2D eigenvalue weighted by Gasteiger charge is -2.07. The van der Waals surface area contributed by atoms with Gasteiger partial charge in [-0.2, -0.15) is 5.10 Å². The van der Waals surface area contributed by atoms with Crippen LogP contribution in [0.3, 0.4) is 0 Å². The van der Waals surface area contributed by atoms with Gasteiger partial charge >= 0.3 is 0 Å². The standard InChI is InChI=1S/C20H15N5/c1-14-16(13-22-25(14)15-7-3-2-4-8-15)18-11-12-21-20-23-17-9-5-6-10-19(17)24(18)20/h2-13H,1H3. The fourth-order valence-electron chi connectivity index (χ4n) is 3.29. The molecule has 0 aliphatic rings. The highest BCUT2D eigenvalue weighted by atomic mass is 15.3. The highest BCUT2D eigenvalue weighted by molar-refractivity contribution is 5.82. The fraction of sp³-hybridized carbons (Fsp3) is 0.0500. The minimum atomic E-state index is 0.700. The number of hydrogen-bond acceptors (Lipinski definition) is 3. The number of aromatic nitrogens is 5. The Balaban J connectivity index is 1.79. The molecule has 3 aromatic heterocycles. The molecule has 0 saturated heterocycles. The van der Waals surface area contributed by atoms with Gasteiger partial charge in [-0.25, -0.2) is 14.6 Å². The molecule has 0 N–H and O–H groups in total. The number of imidazole rings is 1. The zero-order valence-corrected chi connectivity index (χ0v) is 13.7. The molecule has 0 saturated carbocycles. The normalized spacial score (nSPS) is 11.4. The van der Waals surface area contributed by atoms with Crippen LogP contribution in [0.4, 0.5) is 0 Å². The van der Waals surface area contributed by atoms with Crippen LogP contribution in [-0.4, -0.2) is 24.1 Å². The van der Waals surface area contributed by atoms with Gasteiger partial charge in [-0.1, -0.05) is 30.3 Å². The third-order valence-electron chi connectivity index (χ3n) is 4.49. The van der Waals surface area contributed by atoms with Crippen LogP contribution in [0.15, 0.2) is 73.1 Å². The van der Waals surface area contributed by atoms with E-state index in [1.807, 2.05) is 53.3 Å². The van der Waals surface area contributed by atoms with E-state index in [1.165, 1.54) is 0 Å². The largest absolute Gasteiger partial charge is 0.276 e. The maximum Gasteiger partial charge on any atom is 0.235 e. The van der Waals surface area contributed by atoms with E-state index >= 15 is 0 Å². The summed E-state index contributed by atoms with van der Waals surface area (Å²) in [6, 6.07) is 20.3. The van der Waals surface area contributed by atoms with Crippen molar-refractivity contribution in [2.24, 2.45) is 0 Å². The van der Waals surface area contributed by atoms with Gasteiger partial charge in [0.05, 0.1) is 34.3 Å². The molecule has 0 aliphatic carbocycles. The topological polar surface area (TPSA) is 48.0 Å². The quantitative estimate of drug-likeness (QED) is 0.492. The molecule has 120 valence electrons. The van der Waals surface area contributed by atoms with Crippen molar-refractivity contribution in [2.45, 2.75) is 6.92 Å². The van der Waals surface area contributed by atoms with E-state index < -0.39 is 0 Å². The molecule has 0 fully saturated rings. The van der Waals surface area contributed by atoms with Crippen molar-refractivity contribution in [1.82, 2.24) is 24.1 Å². The highest BCUT2D eigenvalue weighted by Gasteiger charge is 2.15. The summed E-state index contributed by atoms with van der Waals surface area (Å²) in [7, 11) is 0. The molecular formula is C20H15N5. The van der Waals surface area contributed by atoms with Crippen molar-refractivity contribution in [1.29, 1.82) is 0 Å².